The molecule has 1 aliphatic heterocycles. The number of aromatic nitrogens is 4. The van der Waals surface area contributed by atoms with Gasteiger partial charge in [0.05, 0.1) is 32.6 Å². The van der Waals surface area contributed by atoms with Gasteiger partial charge in [0.15, 0.2) is 5.82 Å². The second kappa shape index (κ2) is 12.3. The summed E-state index contributed by atoms with van der Waals surface area (Å²) in [6.07, 6.45) is 0. The lowest BCUT2D eigenvalue weighted by Crippen LogP contribution is -2.05. The molecule has 0 fully saturated rings. The summed E-state index contributed by atoms with van der Waals surface area (Å²) in [6.45, 7) is 0. The Kier molecular flexibility index (Phi) is 6.79. The minimum atomic E-state index is 0.718. The molecule has 4 aromatic heterocycles. The van der Waals surface area contributed by atoms with Gasteiger partial charge in [0.1, 0.15) is 5.65 Å². The van der Waals surface area contributed by atoms with E-state index in [1.807, 2.05) is 11.8 Å². The summed E-state index contributed by atoms with van der Waals surface area (Å²) >= 11 is 3.63. The average Bonchev–Trinajstić information content (AvgIpc) is 3.95. The molecule has 8 aromatic carbocycles. The highest BCUT2D eigenvalue weighted by molar-refractivity contribution is 7.99. The Morgan fingerprint density at radius 1 is 0.448 bits per heavy atom. The van der Waals surface area contributed by atoms with Gasteiger partial charge in [-0.25, -0.2) is 9.97 Å². The summed E-state index contributed by atoms with van der Waals surface area (Å²) < 4.78 is 7.24. The summed E-state index contributed by atoms with van der Waals surface area (Å²) in [5.74, 6) is 0.718. The van der Waals surface area contributed by atoms with Crippen molar-refractivity contribution in [3.05, 3.63) is 182 Å². The minimum Gasteiger partial charge on any atom is -0.295 e. The van der Waals surface area contributed by atoms with Crippen molar-refractivity contribution >= 4 is 87.0 Å². The number of benzene rings is 8. The molecular weight excluding hydrogens is 745 g/mol. The predicted octanol–water partition coefficient (Wildman–Crippen LogP) is 14.5. The van der Waals surface area contributed by atoms with E-state index in [-0.39, 0.29) is 0 Å². The smallest absolute Gasteiger partial charge is 0.160 e. The molecule has 4 nitrogen and oxygen atoms in total. The third-order valence-electron chi connectivity index (χ3n) is 11.7. The Bertz CT molecular complexity index is 3650. The van der Waals surface area contributed by atoms with Crippen LogP contribution < -0.4 is 0 Å². The van der Waals surface area contributed by atoms with Crippen molar-refractivity contribution in [2.24, 2.45) is 0 Å². The molecule has 12 aromatic rings. The van der Waals surface area contributed by atoms with E-state index in [0.717, 1.165) is 43.9 Å². The lowest BCUT2D eigenvalue weighted by Gasteiger charge is -2.21. The maximum atomic E-state index is 5.47. The topological polar surface area (TPSA) is 35.6 Å². The number of hydrogen-bond donors (Lipinski definition) is 0. The number of nitrogens with zero attached hydrogens (tertiary/aromatic N) is 4. The SMILES string of the molecule is c1ccc(-c2ccc(-c3nc(-c4ccc(-n5c6ccccc6c6c7cccc8c7n(c65)-c5ccccc5S8)cc4)nc4c3sc3ccccc34)c3ccccc23)cc1. The van der Waals surface area contributed by atoms with Crippen LogP contribution in [-0.2, 0) is 0 Å². The molecule has 5 heterocycles. The van der Waals surface area contributed by atoms with Crippen LogP contribution in [0.2, 0.25) is 0 Å². The maximum Gasteiger partial charge on any atom is 0.160 e. The molecule has 0 atom stereocenters. The van der Waals surface area contributed by atoms with Gasteiger partial charge < -0.3 is 0 Å². The van der Waals surface area contributed by atoms with Crippen LogP contribution in [0.25, 0.3) is 109 Å². The molecule has 0 saturated heterocycles. The molecule has 0 amide bonds. The first kappa shape index (κ1) is 32.1. The molecule has 1 aliphatic rings. The lowest BCUT2D eigenvalue weighted by atomic mass is 9.93. The second-order valence-corrected chi connectivity index (χ2v) is 17.0. The molecule has 0 spiro atoms. The first-order valence-electron chi connectivity index (χ1n) is 19.5. The molecule has 0 unspecified atom stereocenters. The fourth-order valence-electron chi connectivity index (χ4n) is 9.23. The Balaban J connectivity index is 1.03. The van der Waals surface area contributed by atoms with Gasteiger partial charge in [-0.2, -0.15) is 0 Å². The van der Waals surface area contributed by atoms with E-state index in [2.05, 4.69) is 191 Å². The molecule has 13 rings (SSSR count). The highest BCUT2D eigenvalue weighted by Crippen LogP contribution is 2.50. The van der Waals surface area contributed by atoms with E-state index in [1.165, 1.54) is 74.9 Å². The highest BCUT2D eigenvalue weighted by atomic mass is 32.2. The van der Waals surface area contributed by atoms with Crippen LogP contribution >= 0.6 is 23.1 Å². The third kappa shape index (κ3) is 4.52. The Labute approximate surface area is 341 Å². The average molecular weight is 775 g/mol. The predicted molar refractivity (Wildman–Crippen MR) is 244 cm³/mol. The number of hydrogen-bond acceptors (Lipinski definition) is 4. The monoisotopic (exact) mass is 774 g/mol. The van der Waals surface area contributed by atoms with Crippen LogP contribution in [0.1, 0.15) is 0 Å². The molecule has 58 heavy (non-hydrogen) atoms. The van der Waals surface area contributed by atoms with Crippen molar-refractivity contribution < 1.29 is 0 Å². The standard InChI is InChI=1S/C52H30N4S2/c1-2-13-31(14-3-1)34-29-30-37(36-16-5-4-15-35(34)36)47-50-48(39-18-7-10-22-43(39)58-50)54-51(53-47)32-25-27-33(28-26-32)55-41-20-8-6-17-38(41)46-40-19-12-24-45-49(40)56(52(46)55)42-21-9-11-23-44(42)57-45/h1-30H. The van der Waals surface area contributed by atoms with Crippen molar-refractivity contribution in [2.75, 3.05) is 0 Å². The summed E-state index contributed by atoms with van der Waals surface area (Å²) in [7, 11) is 0. The molecule has 0 N–H and O–H groups in total. The Morgan fingerprint density at radius 3 is 1.98 bits per heavy atom. The van der Waals surface area contributed by atoms with Gasteiger partial charge in [-0.05, 0) is 76.5 Å². The number of thiophene rings is 1. The second-order valence-electron chi connectivity index (χ2n) is 14.9. The Morgan fingerprint density at radius 2 is 1.12 bits per heavy atom. The van der Waals surface area contributed by atoms with E-state index < -0.39 is 0 Å². The Hall–Kier alpha value is -6.99. The highest BCUT2D eigenvalue weighted by Gasteiger charge is 2.28. The molecule has 270 valence electrons. The first-order chi connectivity index (χ1) is 28.8. The summed E-state index contributed by atoms with van der Waals surface area (Å²) in [5.41, 5.74) is 12.4. The molecule has 0 saturated carbocycles. The van der Waals surface area contributed by atoms with Gasteiger partial charge in [-0.3, -0.25) is 9.13 Å². The van der Waals surface area contributed by atoms with E-state index in [9.17, 15) is 0 Å². The van der Waals surface area contributed by atoms with Gasteiger partial charge in [0.2, 0.25) is 0 Å². The van der Waals surface area contributed by atoms with Gasteiger partial charge in [-0.15, -0.1) is 11.3 Å². The van der Waals surface area contributed by atoms with Crippen LogP contribution in [0.4, 0.5) is 0 Å². The van der Waals surface area contributed by atoms with Gasteiger partial charge >= 0.3 is 0 Å². The fourth-order valence-corrected chi connectivity index (χ4v) is 11.5. The van der Waals surface area contributed by atoms with Crippen molar-refractivity contribution in [3.63, 3.8) is 0 Å². The first-order valence-corrected chi connectivity index (χ1v) is 21.1. The molecule has 0 aliphatic carbocycles. The van der Waals surface area contributed by atoms with Crippen LogP contribution in [0.3, 0.4) is 0 Å². The zero-order valence-corrected chi connectivity index (χ0v) is 32.6. The number of fused-ring (bicyclic) bond motifs is 11. The molecule has 6 heteroatoms. The third-order valence-corrected chi connectivity index (χ3v) is 14.0. The van der Waals surface area contributed by atoms with E-state index in [4.69, 9.17) is 9.97 Å². The molecule has 0 bridgehead atoms. The van der Waals surface area contributed by atoms with Crippen LogP contribution in [-0.4, -0.2) is 19.1 Å². The number of rotatable bonds is 4. The maximum absolute atomic E-state index is 5.47. The van der Waals surface area contributed by atoms with Gasteiger partial charge in [0.25, 0.3) is 0 Å². The zero-order chi connectivity index (χ0) is 37.9. The summed E-state index contributed by atoms with van der Waals surface area (Å²) in [6, 6.07) is 65.6. The van der Waals surface area contributed by atoms with Crippen molar-refractivity contribution in [3.8, 4) is 45.1 Å². The summed E-state index contributed by atoms with van der Waals surface area (Å²) in [4.78, 5) is 13.4. The quantitative estimate of drug-likeness (QED) is 0.179. The van der Waals surface area contributed by atoms with E-state index in [0.29, 0.717) is 0 Å². The fraction of sp³-hybridized carbons (Fsp3) is 0. The lowest BCUT2D eigenvalue weighted by molar-refractivity contribution is 1.03. The van der Waals surface area contributed by atoms with Gasteiger partial charge in [0, 0.05) is 52.9 Å². The van der Waals surface area contributed by atoms with Gasteiger partial charge in [-0.1, -0.05) is 139 Å². The largest absolute Gasteiger partial charge is 0.295 e. The number of para-hydroxylation sites is 3. The minimum absolute atomic E-state index is 0.718. The van der Waals surface area contributed by atoms with Crippen molar-refractivity contribution in [1.29, 1.82) is 0 Å². The molecular formula is C52H30N4S2. The van der Waals surface area contributed by atoms with Crippen LogP contribution in [0.15, 0.2) is 192 Å². The normalized spacial score (nSPS) is 12.4. The van der Waals surface area contributed by atoms with Crippen LogP contribution in [0.5, 0.6) is 0 Å². The van der Waals surface area contributed by atoms with Crippen LogP contribution in [0, 0.1) is 0 Å². The summed E-state index contributed by atoms with van der Waals surface area (Å²) in [5, 5.41) is 7.35. The van der Waals surface area contributed by atoms with Crippen molar-refractivity contribution in [2.45, 2.75) is 9.79 Å². The zero-order valence-electron chi connectivity index (χ0n) is 30.9. The molecule has 0 radical (unpaired) electrons. The van der Waals surface area contributed by atoms with Crippen molar-refractivity contribution in [1.82, 2.24) is 19.1 Å². The van der Waals surface area contributed by atoms with E-state index in [1.54, 1.807) is 11.3 Å². The van der Waals surface area contributed by atoms with E-state index >= 15 is 0 Å².